The summed E-state index contributed by atoms with van der Waals surface area (Å²) in [6.45, 7) is 5.47. The van der Waals surface area contributed by atoms with Crippen LogP contribution in [0.5, 0.6) is 5.75 Å². The number of hydrogen-bond acceptors (Lipinski definition) is 5. The van der Waals surface area contributed by atoms with E-state index >= 15 is 0 Å². The fourth-order valence-corrected chi connectivity index (χ4v) is 2.84. The average Bonchev–Trinajstić information content (AvgIpc) is 2.96. The van der Waals surface area contributed by atoms with Crippen LogP contribution in [0.3, 0.4) is 0 Å². The Morgan fingerprint density at radius 2 is 2.05 bits per heavy atom. The quantitative estimate of drug-likeness (QED) is 0.939. The van der Waals surface area contributed by atoms with Crippen molar-refractivity contribution in [1.82, 2.24) is 15.5 Å². The molecule has 2 aromatic rings. The molecule has 3 rings (SSSR count). The predicted octanol–water partition coefficient (Wildman–Crippen LogP) is 3.20. The molecule has 5 heteroatoms. The summed E-state index contributed by atoms with van der Waals surface area (Å²) in [5, 5.41) is 7.61. The van der Waals surface area contributed by atoms with Crippen LogP contribution in [-0.2, 0) is 0 Å². The minimum absolute atomic E-state index is 0.116. The third kappa shape index (κ3) is 2.78. The van der Waals surface area contributed by atoms with Crippen LogP contribution in [0.2, 0.25) is 0 Å². The second-order valence-electron chi connectivity index (χ2n) is 6.16. The first kappa shape index (κ1) is 14.1. The van der Waals surface area contributed by atoms with Gasteiger partial charge in [-0.2, -0.15) is 4.98 Å². The lowest BCUT2D eigenvalue weighted by Crippen LogP contribution is -2.39. The van der Waals surface area contributed by atoms with Crippen LogP contribution < -0.4 is 10.1 Å². The minimum atomic E-state index is 0.116. The molecule has 21 heavy (non-hydrogen) atoms. The second-order valence-corrected chi connectivity index (χ2v) is 6.16. The van der Waals surface area contributed by atoms with Crippen LogP contribution in [0.15, 0.2) is 28.8 Å². The smallest absolute Gasteiger partial charge is 0.244 e. The molecule has 0 bridgehead atoms. The van der Waals surface area contributed by atoms with E-state index in [-0.39, 0.29) is 11.5 Å². The van der Waals surface area contributed by atoms with E-state index in [1.807, 2.05) is 24.3 Å². The van der Waals surface area contributed by atoms with Gasteiger partial charge in [-0.3, -0.25) is 0 Å². The normalized spacial score (nSPS) is 21.2. The Balaban J connectivity index is 1.85. The van der Waals surface area contributed by atoms with Gasteiger partial charge in [-0.15, -0.1) is 0 Å². The van der Waals surface area contributed by atoms with E-state index < -0.39 is 0 Å². The van der Waals surface area contributed by atoms with Crippen LogP contribution in [0.25, 0.3) is 11.4 Å². The zero-order chi connectivity index (χ0) is 14.9. The Hall–Kier alpha value is -1.88. The highest BCUT2D eigenvalue weighted by Gasteiger charge is 2.37. The molecule has 1 aliphatic rings. The van der Waals surface area contributed by atoms with Crippen LogP contribution in [0.4, 0.5) is 0 Å². The number of rotatable bonds is 3. The maximum Gasteiger partial charge on any atom is 0.244 e. The van der Waals surface area contributed by atoms with E-state index in [1.165, 1.54) is 6.42 Å². The Kier molecular flexibility index (Phi) is 3.68. The number of ether oxygens (including phenoxy) is 1. The third-order valence-corrected chi connectivity index (χ3v) is 4.16. The summed E-state index contributed by atoms with van der Waals surface area (Å²) in [7, 11) is 1.65. The van der Waals surface area contributed by atoms with Crippen molar-refractivity contribution in [2.45, 2.75) is 32.7 Å². The zero-order valence-corrected chi connectivity index (χ0v) is 12.7. The molecule has 2 heterocycles. The summed E-state index contributed by atoms with van der Waals surface area (Å²) in [6.07, 6.45) is 2.34. The highest BCUT2D eigenvalue weighted by atomic mass is 16.5. The van der Waals surface area contributed by atoms with E-state index in [2.05, 4.69) is 29.3 Å². The zero-order valence-electron chi connectivity index (χ0n) is 12.7. The van der Waals surface area contributed by atoms with Crippen molar-refractivity contribution in [1.29, 1.82) is 0 Å². The van der Waals surface area contributed by atoms with Crippen LogP contribution in [0.1, 0.15) is 38.6 Å². The Labute approximate surface area is 124 Å². The minimum Gasteiger partial charge on any atom is -0.497 e. The van der Waals surface area contributed by atoms with Gasteiger partial charge in [0.1, 0.15) is 5.75 Å². The summed E-state index contributed by atoms with van der Waals surface area (Å²) >= 11 is 0. The first-order valence-corrected chi connectivity index (χ1v) is 7.31. The fourth-order valence-electron chi connectivity index (χ4n) is 2.84. The molecule has 1 fully saturated rings. The van der Waals surface area contributed by atoms with Crippen molar-refractivity contribution in [3.05, 3.63) is 30.2 Å². The molecule has 1 aromatic heterocycles. The summed E-state index contributed by atoms with van der Waals surface area (Å²) in [5.74, 6) is 2.11. The van der Waals surface area contributed by atoms with Crippen molar-refractivity contribution in [3.63, 3.8) is 0 Å². The molecule has 0 saturated carbocycles. The molecular formula is C16H21N3O2. The van der Waals surface area contributed by atoms with Gasteiger partial charge in [0.25, 0.3) is 0 Å². The van der Waals surface area contributed by atoms with E-state index in [1.54, 1.807) is 7.11 Å². The number of benzene rings is 1. The van der Waals surface area contributed by atoms with Gasteiger partial charge in [0, 0.05) is 5.56 Å². The van der Waals surface area contributed by atoms with E-state index in [4.69, 9.17) is 9.26 Å². The van der Waals surface area contributed by atoms with Crippen LogP contribution >= 0.6 is 0 Å². The molecule has 1 saturated heterocycles. The number of nitrogens with one attached hydrogen (secondary N) is 1. The van der Waals surface area contributed by atoms with Gasteiger partial charge in [-0.25, -0.2) is 0 Å². The molecule has 0 spiro atoms. The van der Waals surface area contributed by atoms with Gasteiger partial charge < -0.3 is 14.6 Å². The average molecular weight is 287 g/mol. The lowest BCUT2D eigenvalue weighted by atomic mass is 9.77. The summed E-state index contributed by atoms with van der Waals surface area (Å²) in [6, 6.07) is 7.79. The van der Waals surface area contributed by atoms with Crippen molar-refractivity contribution >= 4 is 0 Å². The molecule has 0 amide bonds. The first-order valence-electron chi connectivity index (χ1n) is 7.31. The van der Waals surface area contributed by atoms with Gasteiger partial charge in [-0.05, 0) is 49.1 Å². The van der Waals surface area contributed by atoms with Gasteiger partial charge in [0.15, 0.2) is 0 Å². The maximum absolute atomic E-state index is 5.50. The molecule has 1 atom stereocenters. The molecule has 1 aliphatic heterocycles. The lowest BCUT2D eigenvalue weighted by molar-refractivity contribution is 0.146. The molecule has 1 N–H and O–H groups in total. The van der Waals surface area contributed by atoms with E-state index in [0.717, 1.165) is 24.3 Å². The fraction of sp³-hybridized carbons (Fsp3) is 0.500. The molecule has 0 aliphatic carbocycles. The second kappa shape index (κ2) is 5.48. The molecular weight excluding hydrogens is 266 g/mol. The van der Waals surface area contributed by atoms with E-state index in [0.29, 0.717) is 11.7 Å². The van der Waals surface area contributed by atoms with Gasteiger partial charge in [0.05, 0.1) is 13.2 Å². The monoisotopic (exact) mass is 287 g/mol. The number of hydrogen-bond donors (Lipinski definition) is 1. The van der Waals surface area contributed by atoms with Crippen molar-refractivity contribution in [2.24, 2.45) is 5.41 Å². The highest BCUT2D eigenvalue weighted by molar-refractivity contribution is 5.55. The summed E-state index contributed by atoms with van der Waals surface area (Å²) in [5.41, 5.74) is 1.06. The molecule has 0 radical (unpaired) electrons. The topological polar surface area (TPSA) is 60.2 Å². The summed E-state index contributed by atoms with van der Waals surface area (Å²) < 4.78 is 10.7. The van der Waals surface area contributed by atoms with Gasteiger partial charge in [0.2, 0.25) is 11.7 Å². The standard InChI is InChI=1S/C16H21N3O2/c1-16(2)9-4-10-17-13(16)15-18-14(19-21-15)11-5-7-12(20-3)8-6-11/h5-8,13,17H,4,9-10H2,1-3H3. The molecule has 112 valence electrons. The largest absolute Gasteiger partial charge is 0.497 e. The SMILES string of the molecule is COc1ccc(-c2noc(C3NCCCC3(C)C)n2)cc1. The third-order valence-electron chi connectivity index (χ3n) is 4.16. The summed E-state index contributed by atoms with van der Waals surface area (Å²) in [4.78, 5) is 4.57. The molecule has 1 unspecified atom stereocenters. The van der Waals surface area contributed by atoms with Crippen LogP contribution in [0, 0.1) is 5.41 Å². The van der Waals surface area contributed by atoms with Crippen molar-refractivity contribution in [2.75, 3.05) is 13.7 Å². The van der Waals surface area contributed by atoms with Crippen molar-refractivity contribution in [3.8, 4) is 17.1 Å². The number of piperidine rings is 1. The Morgan fingerprint density at radius 1 is 1.29 bits per heavy atom. The highest BCUT2D eigenvalue weighted by Crippen LogP contribution is 2.39. The Bertz CT molecular complexity index is 604. The number of aromatic nitrogens is 2. The van der Waals surface area contributed by atoms with Crippen molar-refractivity contribution < 1.29 is 9.26 Å². The predicted molar refractivity (Wildman–Crippen MR) is 80.0 cm³/mol. The Morgan fingerprint density at radius 3 is 2.71 bits per heavy atom. The number of methoxy groups -OCH3 is 1. The molecule has 5 nitrogen and oxygen atoms in total. The number of nitrogens with zero attached hydrogens (tertiary/aromatic N) is 2. The first-order chi connectivity index (χ1) is 10.1. The van der Waals surface area contributed by atoms with Gasteiger partial charge in [-0.1, -0.05) is 19.0 Å². The maximum atomic E-state index is 5.50. The van der Waals surface area contributed by atoms with Gasteiger partial charge >= 0.3 is 0 Å². The molecule has 1 aromatic carbocycles. The van der Waals surface area contributed by atoms with Crippen LogP contribution in [-0.4, -0.2) is 23.8 Å². The lowest BCUT2D eigenvalue weighted by Gasteiger charge is -2.36. The van der Waals surface area contributed by atoms with E-state index in [9.17, 15) is 0 Å².